The zero-order valence-corrected chi connectivity index (χ0v) is 22.5. The van der Waals surface area contributed by atoms with E-state index < -0.39 is 23.8 Å². The Balaban J connectivity index is 1.74. The van der Waals surface area contributed by atoms with E-state index in [2.05, 4.69) is 5.32 Å². The highest BCUT2D eigenvalue weighted by Crippen LogP contribution is 2.29. The van der Waals surface area contributed by atoms with E-state index in [-0.39, 0.29) is 37.0 Å². The number of carbonyl (C=O) groups excluding carboxylic acids is 4. The summed E-state index contributed by atoms with van der Waals surface area (Å²) in [6, 6.07) is 6.39. The quantitative estimate of drug-likeness (QED) is 0.444. The summed E-state index contributed by atoms with van der Waals surface area (Å²) in [4.78, 5) is 54.2. The number of rotatable bonds is 10. The summed E-state index contributed by atoms with van der Waals surface area (Å²) in [5.41, 5.74) is 6.38. The number of amides is 3. The molecule has 0 spiro atoms. The molecule has 204 valence electrons. The van der Waals surface area contributed by atoms with Gasteiger partial charge in [-0.25, -0.2) is 0 Å². The topological polar surface area (TPSA) is 122 Å². The van der Waals surface area contributed by atoms with Crippen LogP contribution in [0.2, 0.25) is 5.02 Å². The number of benzene rings is 1. The van der Waals surface area contributed by atoms with E-state index in [0.29, 0.717) is 31.0 Å². The number of hydrogen-bond acceptors (Lipinski definition) is 6. The third-order valence-corrected chi connectivity index (χ3v) is 7.47. The van der Waals surface area contributed by atoms with Gasteiger partial charge >= 0.3 is 5.97 Å². The maximum absolute atomic E-state index is 13.6. The van der Waals surface area contributed by atoms with Gasteiger partial charge in [-0.05, 0) is 37.0 Å². The van der Waals surface area contributed by atoms with E-state index in [9.17, 15) is 19.2 Å². The zero-order valence-electron chi connectivity index (χ0n) is 21.8. The number of esters is 1. The van der Waals surface area contributed by atoms with Crippen LogP contribution >= 0.6 is 11.6 Å². The molecule has 0 aromatic heterocycles. The fourth-order valence-corrected chi connectivity index (χ4v) is 5.41. The molecule has 2 fully saturated rings. The number of nitrogens with two attached hydrogens (primary N) is 1. The predicted molar refractivity (Wildman–Crippen MR) is 141 cm³/mol. The summed E-state index contributed by atoms with van der Waals surface area (Å²) in [5, 5.41) is 3.36. The van der Waals surface area contributed by atoms with Crippen molar-refractivity contribution < 1.29 is 23.9 Å². The molecule has 3 atom stereocenters. The van der Waals surface area contributed by atoms with Gasteiger partial charge in [0, 0.05) is 37.5 Å². The number of nitrogens with one attached hydrogen (secondary N) is 1. The van der Waals surface area contributed by atoms with Gasteiger partial charge in [-0.3, -0.25) is 19.2 Å². The summed E-state index contributed by atoms with van der Waals surface area (Å²) in [7, 11) is 0. The van der Waals surface area contributed by atoms with Crippen molar-refractivity contribution >= 4 is 35.3 Å². The van der Waals surface area contributed by atoms with Crippen LogP contribution in [-0.4, -0.2) is 77.9 Å². The lowest BCUT2D eigenvalue weighted by molar-refractivity contribution is -0.149. The summed E-state index contributed by atoms with van der Waals surface area (Å²) < 4.78 is 5.12. The van der Waals surface area contributed by atoms with E-state index in [1.165, 1.54) is 6.92 Å². The van der Waals surface area contributed by atoms with Crippen LogP contribution in [0.4, 0.5) is 0 Å². The molecule has 3 N–H and O–H groups in total. The summed E-state index contributed by atoms with van der Waals surface area (Å²) in [6.07, 6.45) is 6.13. The normalized spacial score (nSPS) is 19.7. The molecular formula is C27H39ClN4O5. The molecule has 0 unspecified atom stereocenters. The molecule has 1 saturated carbocycles. The molecule has 37 heavy (non-hydrogen) atoms. The first-order chi connectivity index (χ1) is 17.7. The van der Waals surface area contributed by atoms with E-state index in [1.807, 2.05) is 17.0 Å². The Morgan fingerprint density at radius 3 is 2.41 bits per heavy atom. The Morgan fingerprint density at radius 1 is 1.11 bits per heavy atom. The Labute approximate surface area is 224 Å². The van der Waals surface area contributed by atoms with Crippen LogP contribution in [0, 0.1) is 5.92 Å². The molecule has 0 radical (unpaired) electrons. The molecule has 1 aromatic rings. The van der Waals surface area contributed by atoms with E-state index in [0.717, 1.165) is 37.7 Å². The monoisotopic (exact) mass is 534 g/mol. The molecule has 2 aliphatic rings. The van der Waals surface area contributed by atoms with Gasteiger partial charge in [-0.1, -0.05) is 49.9 Å². The fourth-order valence-electron chi connectivity index (χ4n) is 5.28. The van der Waals surface area contributed by atoms with Crippen LogP contribution in [0.1, 0.15) is 57.9 Å². The SMILES string of the molecule is CC(=O)OC[C@@H](C)C(=O)N(C1CCCCC1)[C@H]1CCN(C(=O)[C@@H](Cc2ccc(Cl)cc2)NC(=O)CN)C1. The van der Waals surface area contributed by atoms with Crippen molar-refractivity contribution in [1.29, 1.82) is 0 Å². The van der Waals surface area contributed by atoms with Crippen LogP contribution in [0.5, 0.6) is 0 Å². The first-order valence-electron chi connectivity index (χ1n) is 13.2. The molecule has 1 saturated heterocycles. The third kappa shape index (κ3) is 8.17. The average Bonchev–Trinajstić information content (AvgIpc) is 3.37. The van der Waals surface area contributed by atoms with E-state index in [4.69, 9.17) is 22.1 Å². The molecule has 1 aromatic carbocycles. The summed E-state index contributed by atoms with van der Waals surface area (Å²) in [5.74, 6) is -1.50. The first-order valence-corrected chi connectivity index (χ1v) is 13.6. The number of halogens is 1. The second-order valence-electron chi connectivity index (χ2n) is 10.1. The predicted octanol–water partition coefficient (Wildman–Crippen LogP) is 2.29. The van der Waals surface area contributed by atoms with Crippen molar-refractivity contribution in [3.05, 3.63) is 34.9 Å². The Kier molecular flexibility index (Phi) is 10.8. The van der Waals surface area contributed by atoms with Gasteiger partial charge in [-0.2, -0.15) is 0 Å². The smallest absolute Gasteiger partial charge is 0.302 e. The first kappa shape index (κ1) is 28.9. The molecule has 3 rings (SSSR count). The Hall–Kier alpha value is -2.65. The highest BCUT2D eigenvalue weighted by molar-refractivity contribution is 6.30. The van der Waals surface area contributed by atoms with Crippen molar-refractivity contribution in [2.24, 2.45) is 11.7 Å². The van der Waals surface area contributed by atoms with E-state index >= 15 is 0 Å². The lowest BCUT2D eigenvalue weighted by Crippen LogP contribution is -2.53. The summed E-state index contributed by atoms with van der Waals surface area (Å²) >= 11 is 6.00. The van der Waals surface area contributed by atoms with Crippen molar-refractivity contribution in [2.45, 2.75) is 76.9 Å². The number of nitrogens with zero attached hydrogens (tertiary/aromatic N) is 2. The number of likely N-dealkylation sites (tertiary alicyclic amines) is 1. The second-order valence-corrected chi connectivity index (χ2v) is 10.6. The third-order valence-electron chi connectivity index (χ3n) is 7.22. The maximum Gasteiger partial charge on any atom is 0.302 e. The number of ether oxygens (including phenoxy) is 1. The van der Waals surface area contributed by atoms with Crippen LogP contribution in [0.15, 0.2) is 24.3 Å². The van der Waals surface area contributed by atoms with Crippen LogP contribution in [0.3, 0.4) is 0 Å². The van der Waals surface area contributed by atoms with Crippen LogP contribution in [0.25, 0.3) is 0 Å². The molecular weight excluding hydrogens is 496 g/mol. The lowest BCUT2D eigenvalue weighted by atomic mass is 9.92. The fraction of sp³-hybridized carbons (Fsp3) is 0.630. The highest BCUT2D eigenvalue weighted by atomic mass is 35.5. The minimum Gasteiger partial charge on any atom is -0.465 e. The second kappa shape index (κ2) is 13.8. The maximum atomic E-state index is 13.6. The van der Waals surface area contributed by atoms with Gasteiger partial charge < -0.3 is 25.6 Å². The van der Waals surface area contributed by atoms with Crippen molar-refractivity contribution in [3.8, 4) is 0 Å². The van der Waals surface area contributed by atoms with E-state index in [1.54, 1.807) is 24.0 Å². The zero-order chi connectivity index (χ0) is 26.9. The standard InChI is InChI=1S/C27H39ClN4O5/c1-18(17-37-19(2)33)26(35)32(22-6-4-3-5-7-22)23-12-13-31(16-23)27(36)24(30-25(34)15-29)14-20-8-10-21(28)11-9-20/h8-11,18,22-24H,3-7,12-17,29H2,1-2H3,(H,30,34)/t18-,23+,24-/m1/s1. The highest BCUT2D eigenvalue weighted by Gasteiger charge is 2.40. The lowest BCUT2D eigenvalue weighted by Gasteiger charge is -2.40. The van der Waals surface area contributed by atoms with Crippen molar-refractivity contribution in [3.63, 3.8) is 0 Å². The van der Waals surface area contributed by atoms with Gasteiger partial charge in [0.1, 0.15) is 12.6 Å². The van der Waals surface area contributed by atoms with Crippen LogP contribution < -0.4 is 11.1 Å². The molecule has 9 nitrogen and oxygen atoms in total. The molecule has 3 amide bonds. The van der Waals surface area contributed by atoms with Gasteiger partial charge in [0.25, 0.3) is 0 Å². The van der Waals surface area contributed by atoms with Gasteiger partial charge in [0.05, 0.1) is 18.5 Å². The van der Waals surface area contributed by atoms with Gasteiger partial charge in [0.2, 0.25) is 17.7 Å². The molecule has 10 heteroatoms. The van der Waals surface area contributed by atoms with Crippen LogP contribution in [-0.2, 0) is 30.3 Å². The minimum atomic E-state index is -0.766. The molecule has 1 aliphatic carbocycles. The van der Waals surface area contributed by atoms with Crippen molar-refractivity contribution in [2.75, 3.05) is 26.2 Å². The largest absolute Gasteiger partial charge is 0.465 e. The Bertz CT molecular complexity index is 951. The molecule has 1 aliphatic heterocycles. The van der Waals surface area contributed by atoms with Gasteiger partial charge in [-0.15, -0.1) is 0 Å². The minimum absolute atomic E-state index is 0.0402. The van der Waals surface area contributed by atoms with Gasteiger partial charge in [0.15, 0.2) is 0 Å². The number of hydrogen-bond donors (Lipinski definition) is 2. The average molecular weight is 535 g/mol. The number of carbonyl (C=O) groups is 4. The molecule has 1 heterocycles. The Morgan fingerprint density at radius 2 is 1.78 bits per heavy atom. The van der Waals surface area contributed by atoms with Crippen molar-refractivity contribution in [1.82, 2.24) is 15.1 Å². The summed E-state index contributed by atoms with van der Waals surface area (Å²) in [6.45, 7) is 3.84. The molecule has 0 bridgehead atoms.